The lowest BCUT2D eigenvalue weighted by Gasteiger charge is -2.20. The summed E-state index contributed by atoms with van der Waals surface area (Å²) < 4.78 is 13.1. The number of hydrogen-bond acceptors (Lipinski definition) is 3. The van der Waals surface area contributed by atoms with Crippen LogP contribution < -0.4 is 11.1 Å². The van der Waals surface area contributed by atoms with Crippen molar-refractivity contribution in [1.29, 1.82) is 0 Å². The summed E-state index contributed by atoms with van der Waals surface area (Å²) in [7, 11) is 3.34. The maximum atomic E-state index is 13.1. The normalized spacial score (nSPS) is 12.1. The molecule has 6 heteroatoms. The predicted molar refractivity (Wildman–Crippen MR) is 71.2 cm³/mol. The zero-order valence-corrected chi connectivity index (χ0v) is 11.2. The van der Waals surface area contributed by atoms with Gasteiger partial charge < -0.3 is 16.0 Å². The molecule has 0 aliphatic carbocycles. The molecule has 1 amide bonds. The predicted octanol–water partition coefficient (Wildman–Crippen LogP) is 1.70. The van der Waals surface area contributed by atoms with E-state index in [0.29, 0.717) is 10.7 Å². The van der Waals surface area contributed by atoms with E-state index in [1.807, 2.05) is 0 Å². The summed E-state index contributed by atoms with van der Waals surface area (Å²) in [5.74, 6) is -0.443. The molecule has 0 aliphatic rings. The molecular weight excluding hydrogens is 257 g/mol. The van der Waals surface area contributed by atoms with E-state index in [1.54, 1.807) is 14.1 Å². The Balaban J connectivity index is 2.73. The van der Waals surface area contributed by atoms with Crippen LogP contribution in [0, 0.1) is 5.82 Å². The number of hydrogen-bond donors (Lipinski definition) is 2. The van der Waals surface area contributed by atoms with E-state index in [1.165, 1.54) is 23.1 Å². The second-order valence-corrected chi connectivity index (χ2v) is 4.60. The SMILES string of the molecule is CN(C)C(=O)CC(CN)Nc1cc(F)ccc1Cl. The van der Waals surface area contributed by atoms with Crippen molar-refractivity contribution in [2.75, 3.05) is 26.0 Å². The maximum Gasteiger partial charge on any atom is 0.224 e. The van der Waals surface area contributed by atoms with Crippen LogP contribution in [0.5, 0.6) is 0 Å². The summed E-state index contributed by atoms with van der Waals surface area (Å²) >= 11 is 5.93. The Morgan fingerprint density at radius 3 is 2.78 bits per heavy atom. The molecule has 0 aromatic heterocycles. The molecule has 1 unspecified atom stereocenters. The number of anilines is 1. The average Bonchev–Trinajstić information content (AvgIpc) is 2.32. The smallest absolute Gasteiger partial charge is 0.224 e. The minimum Gasteiger partial charge on any atom is -0.379 e. The van der Waals surface area contributed by atoms with E-state index in [9.17, 15) is 9.18 Å². The fourth-order valence-electron chi connectivity index (χ4n) is 1.41. The van der Waals surface area contributed by atoms with Gasteiger partial charge in [0.15, 0.2) is 0 Å². The van der Waals surface area contributed by atoms with Crippen molar-refractivity contribution in [3.05, 3.63) is 29.0 Å². The van der Waals surface area contributed by atoms with Gasteiger partial charge in [-0.3, -0.25) is 4.79 Å². The van der Waals surface area contributed by atoms with Crippen LogP contribution in [-0.2, 0) is 4.79 Å². The van der Waals surface area contributed by atoms with Crippen molar-refractivity contribution in [2.24, 2.45) is 5.73 Å². The van der Waals surface area contributed by atoms with Crippen LogP contribution in [-0.4, -0.2) is 37.5 Å². The van der Waals surface area contributed by atoms with Gasteiger partial charge in [-0.1, -0.05) is 11.6 Å². The quantitative estimate of drug-likeness (QED) is 0.858. The van der Waals surface area contributed by atoms with E-state index in [4.69, 9.17) is 17.3 Å². The summed E-state index contributed by atoms with van der Waals surface area (Å²) in [6.45, 7) is 0.256. The van der Waals surface area contributed by atoms with Gasteiger partial charge in [0.05, 0.1) is 10.7 Å². The molecule has 0 heterocycles. The lowest BCUT2D eigenvalue weighted by Crippen LogP contribution is -2.35. The standard InChI is InChI=1S/C12H17ClFN3O/c1-17(2)12(18)6-9(7-15)16-11-5-8(14)3-4-10(11)13/h3-5,9,16H,6-7,15H2,1-2H3. The maximum absolute atomic E-state index is 13.1. The van der Waals surface area contributed by atoms with Gasteiger partial charge in [-0.15, -0.1) is 0 Å². The summed E-state index contributed by atoms with van der Waals surface area (Å²) in [6.07, 6.45) is 0.232. The molecule has 0 radical (unpaired) electrons. The van der Waals surface area contributed by atoms with E-state index in [-0.39, 0.29) is 24.9 Å². The average molecular weight is 274 g/mol. The molecule has 0 fully saturated rings. The lowest BCUT2D eigenvalue weighted by molar-refractivity contribution is -0.128. The minimum absolute atomic E-state index is 0.0505. The molecular formula is C12H17ClFN3O. The fraction of sp³-hybridized carbons (Fsp3) is 0.417. The number of benzene rings is 1. The zero-order chi connectivity index (χ0) is 13.7. The van der Waals surface area contributed by atoms with E-state index in [0.717, 1.165) is 0 Å². The van der Waals surface area contributed by atoms with E-state index < -0.39 is 5.82 Å². The molecule has 18 heavy (non-hydrogen) atoms. The van der Waals surface area contributed by atoms with Gasteiger partial charge in [0.25, 0.3) is 0 Å². The van der Waals surface area contributed by atoms with Gasteiger partial charge in [-0.05, 0) is 18.2 Å². The molecule has 0 saturated heterocycles. The lowest BCUT2D eigenvalue weighted by atomic mass is 10.1. The first-order valence-electron chi connectivity index (χ1n) is 5.56. The van der Waals surface area contributed by atoms with Gasteiger partial charge in [-0.2, -0.15) is 0 Å². The van der Waals surface area contributed by atoms with Crippen molar-refractivity contribution in [1.82, 2.24) is 4.90 Å². The minimum atomic E-state index is -0.392. The van der Waals surface area contributed by atoms with Gasteiger partial charge in [0, 0.05) is 33.1 Å². The largest absolute Gasteiger partial charge is 0.379 e. The van der Waals surface area contributed by atoms with Crippen LogP contribution in [0.15, 0.2) is 18.2 Å². The zero-order valence-electron chi connectivity index (χ0n) is 10.4. The number of carbonyl (C=O) groups is 1. The van der Waals surface area contributed by atoms with Crippen molar-refractivity contribution >= 4 is 23.2 Å². The third kappa shape index (κ3) is 4.16. The topological polar surface area (TPSA) is 58.4 Å². The number of nitrogens with two attached hydrogens (primary N) is 1. The van der Waals surface area contributed by atoms with Crippen LogP contribution in [0.2, 0.25) is 5.02 Å². The molecule has 0 bridgehead atoms. The van der Waals surface area contributed by atoms with Crippen LogP contribution in [0.4, 0.5) is 10.1 Å². The molecule has 100 valence electrons. The molecule has 1 rings (SSSR count). The van der Waals surface area contributed by atoms with Crippen LogP contribution in [0.25, 0.3) is 0 Å². The Morgan fingerprint density at radius 1 is 1.56 bits per heavy atom. The summed E-state index contributed by atoms with van der Waals surface area (Å²) in [5.41, 5.74) is 6.03. The summed E-state index contributed by atoms with van der Waals surface area (Å²) in [4.78, 5) is 13.1. The molecule has 1 aromatic carbocycles. The Hall–Kier alpha value is -1.33. The Bertz CT molecular complexity index is 426. The number of halogens is 2. The van der Waals surface area contributed by atoms with Gasteiger partial charge >= 0.3 is 0 Å². The van der Waals surface area contributed by atoms with E-state index in [2.05, 4.69) is 5.32 Å². The second-order valence-electron chi connectivity index (χ2n) is 4.19. The number of carbonyl (C=O) groups excluding carboxylic acids is 1. The number of nitrogens with zero attached hydrogens (tertiary/aromatic N) is 1. The highest BCUT2D eigenvalue weighted by molar-refractivity contribution is 6.33. The van der Waals surface area contributed by atoms with Crippen molar-refractivity contribution in [3.63, 3.8) is 0 Å². The molecule has 0 aliphatic heterocycles. The molecule has 0 saturated carbocycles. The first-order valence-corrected chi connectivity index (χ1v) is 5.93. The Morgan fingerprint density at radius 2 is 2.22 bits per heavy atom. The fourth-order valence-corrected chi connectivity index (χ4v) is 1.59. The van der Waals surface area contributed by atoms with Crippen molar-refractivity contribution < 1.29 is 9.18 Å². The summed E-state index contributed by atoms with van der Waals surface area (Å²) in [5, 5.41) is 3.37. The molecule has 1 aromatic rings. The summed E-state index contributed by atoms with van der Waals surface area (Å²) in [6, 6.07) is 3.74. The second kappa shape index (κ2) is 6.56. The third-order valence-corrected chi connectivity index (χ3v) is 2.82. The number of rotatable bonds is 5. The Labute approximate surface area is 111 Å². The third-order valence-electron chi connectivity index (χ3n) is 2.49. The van der Waals surface area contributed by atoms with Crippen LogP contribution in [0.1, 0.15) is 6.42 Å². The Kier molecular flexibility index (Phi) is 5.37. The van der Waals surface area contributed by atoms with Crippen molar-refractivity contribution in [3.8, 4) is 0 Å². The first kappa shape index (κ1) is 14.7. The number of nitrogens with one attached hydrogen (secondary N) is 1. The molecule has 1 atom stereocenters. The molecule has 4 nitrogen and oxygen atoms in total. The highest BCUT2D eigenvalue weighted by Crippen LogP contribution is 2.23. The molecule has 3 N–H and O–H groups in total. The van der Waals surface area contributed by atoms with E-state index >= 15 is 0 Å². The van der Waals surface area contributed by atoms with Crippen LogP contribution >= 0.6 is 11.6 Å². The highest BCUT2D eigenvalue weighted by Gasteiger charge is 2.15. The van der Waals surface area contributed by atoms with Crippen molar-refractivity contribution in [2.45, 2.75) is 12.5 Å². The first-order chi connectivity index (χ1) is 8.43. The van der Waals surface area contributed by atoms with Gasteiger partial charge in [0.2, 0.25) is 5.91 Å². The van der Waals surface area contributed by atoms with Gasteiger partial charge in [-0.25, -0.2) is 4.39 Å². The highest BCUT2D eigenvalue weighted by atomic mass is 35.5. The monoisotopic (exact) mass is 273 g/mol. The molecule has 0 spiro atoms. The van der Waals surface area contributed by atoms with Gasteiger partial charge in [0.1, 0.15) is 5.82 Å². The van der Waals surface area contributed by atoms with Crippen LogP contribution in [0.3, 0.4) is 0 Å². The number of amides is 1.